The molecule has 1 N–H and O–H groups in total. The van der Waals surface area contributed by atoms with Gasteiger partial charge in [0, 0.05) is 5.41 Å². The minimum Gasteiger partial charge on any atom is -0.476 e. The Kier molecular flexibility index (Phi) is 3.38. The van der Waals surface area contributed by atoms with Gasteiger partial charge in [-0.05, 0) is 31.0 Å². The Bertz CT molecular complexity index is 666. The fourth-order valence-corrected chi connectivity index (χ4v) is 2.22. The Labute approximate surface area is 118 Å². The van der Waals surface area contributed by atoms with E-state index >= 15 is 0 Å². The largest absolute Gasteiger partial charge is 0.476 e. The van der Waals surface area contributed by atoms with Crippen LogP contribution in [0.4, 0.5) is 0 Å². The molecule has 0 spiro atoms. The summed E-state index contributed by atoms with van der Waals surface area (Å²) in [4.78, 5) is 11.3. The maximum Gasteiger partial charge on any atom is 0.358 e. The summed E-state index contributed by atoms with van der Waals surface area (Å²) in [7, 11) is 0. The first kappa shape index (κ1) is 14.2. The molecule has 1 aromatic heterocycles. The molecule has 0 saturated carbocycles. The maximum absolute atomic E-state index is 11.3. The summed E-state index contributed by atoms with van der Waals surface area (Å²) in [6.07, 6.45) is 0. The molecule has 5 heteroatoms. The van der Waals surface area contributed by atoms with E-state index in [1.807, 2.05) is 52.8 Å². The molecule has 1 heterocycles. The van der Waals surface area contributed by atoms with Gasteiger partial charge in [-0.2, -0.15) is 0 Å². The monoisotopic (exact) mass is 273 g/mol. The van der Waals surface area contributed by atoms with E-state index in [-0.39, 0.29) is 11.1 Å². The predicted molar refractivity (Wildman–Crippen MR) is 76.5 cm³/mol. The fourth-order valence-electron chi connectivity index (χ4n) is 2.22. The Morgan fingerprint density at radius 1 is 1.25 bits per heavy atom. The van der Waals surface area contributed by atoms with E-state index in [0.29, 0.717) is 5.69 Å². The number of aromatic carboxylic acids is 1. The zero-order chi connectivity index (χ0) is 15.1. The van der Waals surface area contributed by atoms with Gasteiger partial charge >= 0.3 is 5.97 Å². The van der Waals surface area contributed by atoms with E-state index in [2.05, 4.69) is 10.3 Å². The van der Waals surface area contributed by atoms with Crippen molar-refractivity contribution in [1.82, 2.24) is 15.0 Å². The van der Waals surface area contributed by atoms with Gasteiger partial charge in [0.25, 0.3) is 0 Å². The van der Waals surface area contributed by atoms with Crippen LogP contribution in [0.5, 0.6) is 0 Å². The van der Waals surface area contributed by atoms with Crippen LogP contribution in [0.2, 0.25) is 0 Å². The van der Waals surface area contributed by atoms with Crippen molar-refractivity contribution in [3.63, 3.8) is 0 Å². The molecule has 0 amide bonds. The number of benzene rings is 1. The van der Waals surface area contributed by atoms with Crippen LogP contribution in [-0.2, 0) is 5.41 Å². The zero-order valence-corrected chi connectivity index (χ0v) is 12.4. The summed E-state index contributed by atoms with van der Waals surface area (Å²) >= 11 is 0. The van der Waals surface area contributed by atoms with Gasteiger partial charge in [-0.1, -0.05) is 38.1 Å². The van der Waals surface area contributed by atoms with Crippen LogP contribution in [-0.4, -0.2) is 26.1 Å². The lowest BCUT2D eigenvalue weighted by atomic mass is 9.90. The standard InChI is InChI=1S/C15H19N3O2/c1-9-6-7-10(2)11(8-9)18-13(15(3,4)5)12(14(19)20)16-17-18/h6-8H,1-5H3,(H,19,20). The van der Waals surface area contributed by atoms with E-state index in [0.717, 1.165) is 16.8 Å². The molecular weight excluding hydrogens is 254 g/mol. The molecule has 5 nitrogen and oxygen atoms in total. The molecule has 1 aromatic carbocycles. The first-order chi connectivity index (χ1) is 9.21. The Morgan fingerprint density at radius 2 is 1.90 bits per heavy atom. The number of nitrogens with zero attached hydrogens (tertiary/aromatic N) is 3. The summed E-state index contributed by atoms with van der Waals surface area (Å²) in [5.74, 6) is -1.05. The number of aryl methyl sites for hydroxylation is 2. The average molecular weight is 273 g/mol. The lowest BCUT2D eigenvalue weighted by Gasteiger charge is -2.21. The van der Waals surface area contributed by atoms with Crippen molar-refractivity contribution >= 4 is 5.97 Å². The molecule has 2 aromatic rings. The van der Waals surface area contributed by atoms with Gasteiger partial charge < -0.3 is 5.11 Å². The van der Waals surface area contributed by atoms with Crippen LogP contribution >= 0.6 is 0 Å². The van der Waals surface area contributed by atoms with Crippen LogP contribution in [0.3, 0.4) is 0 Å². The smallest absolute Gasteiger partial charge is 0.358 e. The van der Waals surface area contributed by atoms with E-state index in [9.17, 15) is 9.90 Å². The van der Waals surface area contributed by atoms with E-state index < -0.39 is 5.97 Å². The van der Waals surface area contributed by atoms with Crippen LogP contribution in [0, 0.1) is 13.8 Å². The minimum absolute atomic E-state index is 0.0124. The molecule has 0 aliphatic carbocycles. The molecule has 106 valence electrons. The highest BCUT2D eigenvalue weighted by molar-refractivity contribution is 5.87. The van der Waals surface area contributed by atoms with Crippen LogP contribution in [0.15, 0.2) is 18.2 Å². The summed E-state index contributed by atoms with van der Waals surface area (Å²) < 4.78 is 1.64. The summed E-state index contributed by atoms with van der Waals surface area (Å²) in [6.45, 7) is 9.84. The first-order valence-electron chi connectivity index (χ1n) is 6.49. The van der Waals surface area contributed by atoms with Crippen LogP contribution < -0.4 is 0 Å². The van der Waals surface area contributed by atoms with Gasteiger partial charge in [-0.25, -0.2) is 9.48 Å². The fraction of sp³-hybridized carbons (Fsp3) is 0.400. The number of rotatable bonds is 2. The topological polar surface area (TPSA) is 68.0 Å². The van der Waals surface area contributed by atoms with Crippen LogP contribution in [0.1, 0.15) is 48.1 Å². The second-order valence-corrected chi connectivity index (χ2v) is 6.04. The van der Waals surface area contributed by atoms with Crippen molar-refractivity contribution < 1.29 is 9.90 Å². The lowest BCUT2D eigenvalue weighted by molar-refractivity contribution is 0.0687. The van der Waals surface area contributed by atoms with Crippen molar-refractivity contribution in [2.24, 2.45) is 0 Å². The van der Waals surface area contributed by atoms with Gasteiger partial charge in [0.1, 0.15) is 0 Å². The van der Waals surface area contributed by atoms with Gasteiger partial charge in [0.2, 0.25) is 0 Å². The normalized spacial score (nSPS) is 11.7. The highest BCUT2D eigenvalue weighted by Gasteiger charge is 2.29. The minimum atomic E-state index is -1.05. The molecule has 0 radical (unpaired) electrons. The Balaban J connectivity index is 2.75. The quantitative estimate of drug-likeness (QED) is 0.913. The summed E-state index contributed by atoms with van der Waals surface area (Å²) in [5, 5.41) is 17.2. The summed E-state index contributed by atoms with van der Waals surface area (Å²) in [5.41, 5.74) is 3.25. The number of carbonyl (C=O) groups is 1. The van der Waals surface area contributed by atoms with E-state index in [4.69, 9.17) is 0 Å². The summed E-state index contributed by atoms with van der Waals surface area (Å²) in [6, 6.07) is 6.01. The zero-order valence-electron chi connectivity index (χ0n) is 12.4. The predicted octanol–water partition coefficient (Wildman–Crippen LogP) is 2.88. The van der Waals surface area contributed by atoms with Gasteiger partial charge in [-0.3, -0.25) is 0 Å². The molecular formula is C15H19N3O2. The van der Waals surface area contributed by atoms with Crippen molar-refractivity contribution in [2.45, 2.75) is 40.0 Å². The maximum atomic E-state index is 11.3. The van der Waals surface area contributed by atoms with Crippen molar-refractivity contribution in [2.75, 3.05) is 0 Å². The van der Waals surface area contributed by atoms with E-state index in [1.54, 1.807) is 4.68 Å². The number of hydrogen-bond acceptors (Lipinski definition) is 3. The van der Waals surface area contributed by atoms with Gasteiger partial charge in [-0.15, -0.1) is 5.10 Å². The van der Waals surface area contributed by atoms with Gasteiger partial charge in [0.15, 0.2) is 5.69 Å². The molecule has 0 aliphatic rings. The lowest BCUT2D eigenvalue weighted by Crippen LogP contribution is -2.21. The third-order valence-electron chi connectivity index (χ3n) is 3.18. The van der Waals surface area contributed by atoms with Gasteiger partial charge in [0.05, 0.1) is 11.4 Å². The first-order valence-corrected chi connectivity index (χ1v) is 6.49. The van der Waals surface area contributed by atoms with Crippen molar-refractivity contribution in [1.29, 1.82) is 0 Å². The van der Waals surface area contributed by atoms with Crippen molar-refractivity contribution in [3.8, 4) is 5.69 Å². The number of aromatic nitrogens is 3. The molecule has 0 saturated heterocycles. The molecule has 2 rings (SSSR count). The third-order valence-corrected chi connectivity index (χ3v) is 3.18. The third kappa shape index (κ3) is 2.43. The van der Waals surface area contributed by atoms with E-state index in [1.165, 1.54) is 0 Å². The van der Waals surface area contributed by atoms with Crippen molar-refractivity contribution in [3.05, 3.63) is 40.7 Å². The second kappa shape index (κ2) is 4.74. The second-order valence-electron chi connectivity index (χ2n) is 6.04. The highest BCUT2D eigenvalue weighted by Crippen LogP contribution is 2.28. The molecule has 0 aliphatic heterocycles. The number of carboxylic acids is 1. The molecule has 20 heavy (non-hydrogen) atoms. The van der Waals surface area contributed by atoms with Crippen LogP contribution in [0.25, 0.3) is 5.69 Å². The SMILES string of the molecule is Cc1ccc(C)c(-n2nnc(C(=O)O)c2C(C)(C)C)c1. The molecule has 0 bridgehead atoms. The number of carboxylic acid groups (broad SMARTS) is 1. The molecule has 0 unspecified atom stereocenters. The average Bonchev–Trinajstić information content (AvgIpc) is 2.76. The molecule has 0 atom stereocenters. The number of hydrogen-bond donors (Lipinski definition) is 1. The Hall–Kier alpha value is -2.17. The Morgan fingerprint density at radius 3 is 2.45 bits per heavy atom. The highest BCUT2D eigenvalue weighted by atomic mass is 16.4. The molecule has 0 fully saturated rings.